The fourth-order valence-electron chi connectivity index (χ4n) is 2.97. The second kappa shape index (κ2) is 10.6. The first-order valence-electron chi connectivity index (χ1n) is 9.99. The van der Waals surface area contributed by atoms with E-state index in [1.54, 1.807) is 12.1 Å². The van der Waals surface area contributed by atoms with Crippen molar-refractivity contribution in [3.05, 3.63) is 35.7 Å². The molecule has 1 aromatic heterocycles. The smallest absolute Gasteiger partial charge is 0.484 e. The van der Waals surface area contributed by atoms with Crippen LogP contribution < -0.4 is 14.8 Å². The van der Waals surface area contributed by atoms with Gasteiger partial charge in [0.05, 0.1) is 18.8 Å². The Morgan fingerprint density at radius 3 is 2.62 bits per heavy atom. The molecule has 1 N–H and O–H groups in total. The Labute approximate surface area is 182 Å². The Kier molecular flexibility index (Phi) is 7.91. The van der Waals surface area contributed by atoms with Gasteiger partial charge in [-0.3, -0.25) is 9.53 Å². The molecule has 0 saturated carbocycles. The highest BCUT2D eigenvalue weighted by atomic mass is 19.4. The predicted molar refractivity (Wildman–Crippen MR) is 103 cm³/mol. The number of rotatable bonds is 9. The van der Waals surface area contributed by atoms with Crippen molar-refractivity contribution < 1.29 is 41.3 Å². The summed E-state index contributed by atoms with van der Waals surface area (Å²) in [5, 5.41) is 10.3. The van der Waals surface area contributed by atoms with Crippen molar-refractivity contribution in [2.24, 2.45) is 0 Å². The summed E-state index contributed by atoms with van der Waals surface area (Å²) < 4.78 is 61.7. The Hall–Kier alpha value is -2.86. The zero-order valence-electron chi connectivity index (χ0n) is 17.6. The standard InChI is InChI=1S/C20H24F3N3O6/c1-12-3-6-15(7-4-12)28-11-17(27)24-14-5-8-16(29-10-14)18-25-26-19(31-18)30-9-13(2)32-20(21,22)23/h3-4,6-7,13-14,16H,5,8-11H2,1-2H3,(H,24,27)/t13?,14-,16+/m0/s1. The van der Waals surface area contributed by atoms with E-state index in [-0.39, 0.29) is 37.1 Å². The quantitative estimate of drug-likeness (QED) is 0.610. The van der Waals surface area contributed by atoms with Crippen LogP contribution in [0.4, 0.5) is 13.2 Å². The van der Waals surface area contributed by atoms with Gasteiger partial charge in [-0.05, 0) is 38.8 Å². The van der Waals surface area contributed by atoms with E-state index in [0.717, 1.165) is 5.56 Å². The van der Waals surface area contributed by atoms with Crippen LogP contribution in [0.25, 0.3) is 0 Å². The van der Waals surface area contributed by atoms with Crippen LogP contribution in [0.5, 0.6) is 11.8 Å². The van der Waals surface area contributed by atoms with E-state index in [2.05, 4.69) is 20.3 Å². The lowest BCUT2D eigenvalue weighted by Gasteiger charge is -2.27. The SMILES string of the molecule is Cc1ccc(OCC(=O)N[C@H]2CC[C@H](c3nnc(OCC(C)OC(F)(F)F)o3)OC2)cc1. The van der Waals surface area contributed by atoms with Crippen molar-refractivity contribution in [1.29, 1.82) is 0 Å². The molecule has 12 heteroatoms. The highest BCUT2D eigenvalue weighted by Crippen LogP contribution is 2.28. The van der Waals surface area contributed by atoms with Gasteiger partial charge in [-0.15, -0.1) is 18.3 Å². The van der Waals surface area contributed by atoms with Gasteiger partial charge in [-0.2, -0.15) is 0 Å². The fourth-order valence-corrected chi connectivity index (χ4v) is 2.97. The summed E-state index contributed by atoms with van der Waals surface area (Å²) in [5.74, 6) is 0.498. The van der Waals surface area contributed by atoms with E-state index >= 15 is 0 Å². The number of carbonyl (C=O) groups excluding carboxylic acids is 1. The molecule has 1 aromatic carbocycles. The molecule has 1 saturated heterocycles. The van der Waals surface area contributed by atoms with Crippen molar-refractivity contribution in [2.75, 3.05) is 19.8 Å². The van der Waals surface area contributed by atoms with Crippen molar-refractivity contribution in [3.8, 4) is 11.8 Å². The molecule has 2 aromatic rings. The minimum Gasteiger partial charge on any atom is -0.484 e. The number of carbonyl (C=O) groups is 1. The largest absolute Gasteiger partial charge is 0.522 e. The van der Waals surface area contributed by atoms with Gasteiger partial charge in [0.25, 0.3) is 5.91 Å². The van der Waals surface area contributed by atoms with E-state index in [9.17, 15) is 18.0 Å². The summed E-state index contributed by atoms with van der Waals surface area (Å²) in [5.41, 5.74) is 1.10. The van der Waals surface area contributed by atoms with Crippen LogP contribution in [0.3, 0.4) is 0 Å². The first-order chi connectivity index (χ1) is 15.2. The number of halogens is 3. The summed E-state index contributed by atoms with van der Waals surface area (Å²) in [4.78, 5) is 12.1. The van der Waals surface area contributed by atoms with E-state index in [1.807, 2.05) is 19.1 Å². The highest BCUT2D eigenvalue weighted by Gasteiger charge is 2.32. The molecule has 0 aliphatic carbocycles. The summed E-state index contributed by atoms with van der Waals surface area (Å²) in [6.07, 6.45) is -5.66. The Morgan fingerprint density at radius 1 is 1.22 bits per heavy atom. The average Bonchev–Trinajstić information content (AvgIpc) is 3.20. The highest BCUT2D eigenvalue weighted by molar-refractivity contribution is 5.77. The topological polar surface area (TPSA) is 105 Å². The number of aryl methyl sites for hydroxylation is 1. The minimum absolute atomic E-state index is 0.107. The first kappa shape index (κ1) is 23.8. The molecule has 1 aliphatic heterocycles. The van der Waals surface area contributed by atoms with Crippen LogP contribution in [-0.4, -0.2) is 54.4 Å². The zero-order chi connectivity index (χ0) is 23.1. The molecular formula is C20H24F3N3O6. The predicted octanol–water partition coefficient (Wildman–Crippen LogP) is 3.10. The number of hydrogen-bond acceptors (Lipinski definition) is 8. The number of ether oxygens (including phenoxy) is 4. The molecule has 176 valence electrons. The van der Waals surface area contributed by atoms with Crippen molar-refractivity contribution >= 4 is 5.91 Å². The number of nitrogens with zero attached hydrogens (tertiary/aromatic N) is 2. The lowest BCUT2D eigenvalue weighted by Crippen LogP contribution is -2.43. The lowest BCUT2D eigenvalue weighted by atomic mass is 10.1. The van der Waals surface area contributed by atoms with E-state index in [0.29, 0.717) is 18.6 Å². The number of hydrogen-bond donors (Lipinski definition) is 1. The van der Waals surface area contributed by atoms with E-state index < -0.39 is 25.2 Å². The third-order valence-corrected chi connectivity index (χ3v) is 4.51. The number of benzene rings is 1. The monoisotopic (exact) mass is 459 g/mol. The van der Waals surface area contributed by atoms with Gasteiger partial charge in [0.15, 0.2) is 6.61 Å². The van der Waals surface area contributed by atoms with Crippen LogP contribution in [0.1, 0.15) is 37.3 Å². The molecule has 0 radical (unpaired) electrons. The van der Waals surface area contributed by atoms with Gasteiger partial charge in [0, 0.05) is 0 Å². The third kappa shape index (κ3) is 7.68. The summed E-state index contributed by atoms with van der Waals surface area (Å²) in [6, 6.07) is 7.19. The average molecular weight is 459 g/mol. The van der Waals surface area contributed by atoms with Gasteiger partial charge in [0.1, 0.15) is 18.5 Å². The Morgan fingerprint density at radius 2 is 1.97 bits per heavy atom. The molecule has 3 rings (SSSR count). The molecule has 2 heterocycles. The van der Waals surface area contributed by atoms with Crippen LogP contribution in [0, 0.1) is 6.92 Å². The second-order valence-electron chi connectivity index (χ2n) is 7.36. The molecule has 3 atom stereocenters. The maximum atomic E-state index is 12.1. The van der Waals surface area contributed by atoms with E-state index in [4.69, 9.17) is 18.6 Å². The zero-order valence-corrected chi connectivity index (χ0v) is 17.6. The van der Waals surface area contributed by atoms with Gasteiger partial charge < -0.3 is 23.9 Å². The van der Waals surface area contributed by atoms with Crippen LogP contribution in [-0.2, 0) is 14.3 Å². The van der Waals surface area contributed by atoms with Gasteiger partial charge in [-0.25, -0.2) is 0 Å². The molecular weight excluding hydrogens is 435 g/mol. The van der Waals surface area contributed by atoms with Crippen LogP contribution in [0.15, 0.2) is 28.7 Å². The maximum absolute atomic E-state index is 12.1. The molecule has 1 aliphatic rings. The first-order valence-corrected chi connectivity index (χ1v) is 9.99. The summed E-state index contributed by atoms with van der Waals surface area (Å²) in [6.45, 7) is 2.88. The Balaban J connectivity index is 1.37. The van der Waals surface area contributed by atoms with Crippen molar-refractivity contribution in [3.63, 3.8) is 0 Å². The van der Waals surface area contributed by atoms with E-state index in [1.165, 1.54) is 6.92 Å². The minimum atomic E-state index is -4.75. The molecule has 0 spiro atoms. The normalized spacial score (nSPS) is 19.9. The second-order valence-corrected chi connectivity index (χ2v) is 7.36. The molecule has 1 fully saturated rings. The van der Waals surface area contributed by atoms with Crippen molar-refractivity contribution in [1.82, 2.24) is 15.5 Å². The molecule has 0 bridgehead atoms. The summed E-state index contributed by atoms with van der Waals surface area (Å²) >= 11 is 0. The van der Waals surface area contributed by atoms with Crippen LogP contribution >= 0.6 is 0 Å². The number of amides is 1. The molecule has 32 heavy (non-hydrogen) atoms. The Bertz CT molecular complexity index is 866. The van der Waals surface area contributed by atoms with Gasteiger partial charge in [0.2, 0.25) is 5.89 Å². The lowest BCUT2D eigenvalue weighted by molar-refractivity contribution is -0.342. The molecule has 1 amide bonds. The summed E-state index contributed by atoms with van der Waals surface area (Å²) in [7, 11) is 0. The maximum Gasteiger partial charge on any atom is 0.522 e. The number of aromatic nitrogens is 2. The van der Waals surface area contributed by atoms with Gasteiger partial charge >= 0.3 is 12.4 Å². The molecule has 9 nitrogen and oxygen atoms in total. The van der Waals surface area contributed by atoms with Crippen LogP contribution in [0.2, 0.25) is 0 Å². The third-order valence-electron chi connectivity index (χ3n) is 4.51. The van der Waals surface area contributed by atoms with Gasteiger partial charge in [-0.1, -0.05) is 22.8 Å². The fraction of sp³-hybridized carbons (Fsp3) is 0.550. The number of alkyl halides is 3. The number of nitrogens with one attached hydrogen (secondary N) is 1. The molecule has 1 unspecified atom stereocenters. The van der Waals surface area contributed by atoms with Crippen molar-refractivity contribution in [2.45, 2.75) is 51.3 Å².